The quantitative estimate of drug-likeness (QED) is 0.688. The topological polar surface area (TPSA) is 75.4 Å². The Kier molecular flexibility index (Phi) is 9.42. The Morgan fingerprint density at radius 2 is 1.79 bits per heavy atom. The molecule has 1 aliphatic rings. The highest BCUT2D eigenvalue weighted by molar-refractivity contribution is 5.87. The molecule has 0 aliphatic heterocycles. The summed E-state index contributed by atoms with van der Waals surface area (Å²) in [5.74, 6) is -0.918. The number of carbonyl (C=O) groups excluding carboxylic acids is 2. The molecule has 1 fully saturated rings. The number of hydrogen-bond acceptors (Lipinski definition) is 3. The number of hydrogen-bond donors (Lipinski definition) is 2. The van der Waals surface area contributed by atoms with Gasteiger partial charge in [0.25, 0.3) is 0 Å². The van der Waals surface area contributed by atoms with Crippen LogP contribution in [-0.2, 0) is 22.3 Å². The van der Waals surface area contributed by atoms with E-state index in [0.717, 1.165) is 31.7 Å². The van der Waals surface area contributed by atoms with E-state index in [1.54, 1.807) is 13.8 Å². The van der Waals surface area contributed by atoms with Crippen molar-refractivity contribution < 1.29 is 22.8 Å². The van der Waals surface area contributed by atoms with E-state index >= 15 is 0 Å². The summed E-state index contributed by atoms with van der Waals surface area (Å²) in [6.07, 6.45) is -1.13. The molecule has 1 saturated carbocycles. The molecule has 0 bridgehead atoms. The maximum atomic E-state index is 13.3. The number of rotatable bonds is 7. The third kappa shape index (κ3) is 6.89. The second kappa shape index (κ2) is 10.8. The molecule has 2 amide bonds. The van der Waals surface area contributed by atoms with Crippen molar-refractivity contribution in [3.8, 4) is 0 Å². The van der Waals surface area contributed by atoms with Crippen LogP contribution in [0.15, 0.2) is 24.3 Å². The molecule has 0 unspecified atom stereocenters. The van der Waals surface area contributed by atoms with Crippen LogP contribution in [0.4, 0.5) is 13.2 Å². The predicted octanol–water partition coefficient (Wildman–Crippen LogP) is 3.50. The van der Waals surface area contributed by atoms with Gasteiger partial charge in [0.2, 0.25) is 11.8 Å². The van der Waals surface area contributed by atoms with Crippen molar-refractivity contribution in [3.63, 3.8) is 0 Å². The first-order chi connectivity index (χ1) is 13.1. The molecule has 2 rings (SSSR count). The molecule has 5 nitrogen and oxygen atoms in total. The lowest BCUT2D eigenvalue weighted by Gasteiger charge is -2.30. The summed E-state index contributed by atoms with van der Waals surface area (Å²) in [6, 6.07) is 4.43. The average Bonchev–Trinajstić information content (AvgIpc) is 3.17. The van der Waals surface area contributed by atoms with Crippen LogP contribution in [0.1, 0.15) is 50.7 Å². The Bertz CT molecular complexity index is 692. The van der Waals surface area contributed by atoms with Crippen molar-refractivity contribution in [3.05, 3.63) is 35.4 Å². The number of carbonyl (C=O) groups is 2. The molecule has 0 heterocycles. The van der Waals surface area contributed by atoms with E-state index in [2.05, 4.69) is 5.32 Å². The molecule has 1 aromatic rings. The largest absolute Gasteiger partial charge is 0.416 e. The molecule has 0 aromatic heterocycles. The SMILES string of the molecule is CC(C)[C@H](N)C(=O)NCC(=O)N(Cc1ccccc1C(F)(F)F)C1CCCC1.Cl. The van der Waals surface area contributed by atoms with Crippen molar-refractivity contribution in [1.29, 1.82) is 0 Å². The Morgan fingerprint density at radius 3 is 2.34 bits per heavy atom. The zero-order valence-corrected chi connectivity index (χ0v) is 17.5. The second-order valence-electron chi connectivity index (χ2n) is 7.60. The van der Waals surface area contributed by atoms with Crippen LogP contribution in [-0.4, -0.2) is 35.3 Å². The van der Waals surface area contributed by atoms with Gasteiger partial charge in [-0.2, -0.15) is 13.2 Å². The van der Waals surface area contributed by atoms with Crippen molar-refractivity contribution in [2.75, 3.05) is 6.54 Å². The van der Waals surface area contributed by atoms with Gasteiger partial charge in [-0.05, 0) is 30.4 Å². The lowest BCUT2D eigenvalue weighted by atomic mass is 10.0. The fraction of sp³-hybridized carbons (Fsp3) is 0.600. The first-order valence-corrected chi connectivity index (χ1v) is 9.59. The standard InChI is InChI=1S/C20H28F3N3O2.ClH/c1-13(2)18(24)19(28)25-11-17(27)26(15-8-4-5-9-15)12-14-7-3-6-10-16(14)20(21,22)23;/h3,6-7,10,13,15,18H,4-5,8-9,11-12,24H2,1-2H3,(H,25,28);1H/t18-;/m0./s1. The number of halogens is 4. The van der Waals surface area contributed by atoms with Crippen LogP contribution in [0.2, 0.25) is 0 Å². The van der Waals surface area contributed by atoms with Crippen LogP contribution < -0.4 is 11.1 Å². The molecule has 0 saturated heterocycles. The number of amides is 2. The highest BCUT2D eigenvalue weighted by atomic mass is 35.5. The summed E-state index contributed by atoms with van der Waals surface area (Å²) in [7, 11) is 0. The first-order valence-electron chi connectivity index (χ1n) is 9.59. The summed E-state index contributed by atoms with van der Waals surface area (Å²) in [6.45, 7) is 3.19. The van der Waals surface area contributed by atoms with Crippen LogP contribution >= 0.6 is 12.4 Å². The monoisotopic (exact) mass is 435 g/mol. The van der Waals surface area contributed by atoms with E-state index in [-0.39, 0.29) is 43.0 Å². The van der Waals surface area contributed by atoms with Gasteiger partial charge in [-0.15, -0.1) is 12.4 Å². The molecule has 29 heavy (non-hydrogen) atoms. The number of nitrogens with two attached hydrogens (primary N) is 1. The van der Waals surface area contributed by atoms with Crippen molar-refractivity contribution in [2.45, 2.75) is 64.3 Å². The predicted molar refractivity (Wildman–Crippen MR) is 107 cm³/mol. The number of alkyl halides is 3. The van der Waals surface area contributed by atoms with E-state index in [1.807, 2.05) is 0 Å². The maximum Gasteiger partial charge on any atom is 0.416 e. The van der Waals surface area contributed by atoms with Crippen molar-refractivity contribution in [2.24, 2.45) is 11.7 Å². The van der Waals surface area contributed by atoms with Gasteiger partial charge in [0.1, 0.15) is 0 Å². The molecule has 0 spiro atoms. The van der Waals surface area contributed by atoms with Gasteiger partial charge >= 0.3 is 6.18 Å². The van der Waals surface area contributed by atoms with Gasteiger partial charge in [-0.3, -0.25) is 9.59 Å². The van der Waals surface area contributed by atoms with E-state index in [0.29, 0.717) is 0 Å². The van der Waals surface area contributed by atoms with Gasteiger partial charge in [0.05, 0.1) is 18.2 Å². The summed E-state index contributed by atoms with van der Waals surface area (Å²) < 4.78 is 40.0. The van der Waals surface area contributed by atoms with Crippen LogP contribution in [0, 0.1) is 5.92 Å². The molecule has 1 aromatic carbocycles. The fourth-order valence-corrected chi connectivity index (χ4v) is 3.44. The summed E-state index contributed by atoms with van der Waals surface area (Å²) in [5, 5.41) is 2.52. The minimum absolute atomic E-state index is 0. The Balaban J connectivity index is 0.00000420. The highest BCUT2D eigenvalue weighted by Crippen LogP contribution is 2.33. The molecule has 9 heteroatoms. The number of nitrogens with zero attached hydrogens (tertiary/aromatic N) is 1. The zero-order valence-electron chi connectivity index (χ0n) is 16.7. The van der Waals surface area contributed by atoms with Gasteiger partial charge in [-0.25, -0.2) is 0 Å². The number of benzene rings is 1. The summed E-state index contributed by atoms with van der Waals surface area (Å²) >= 11 is 0. The van der Waals surface area contributed by atoms with E-state index in [1.165, 1.54) is 23.1 Å². The van der Waals surface area contributed by atoms with Crippen molar-refractivity contribution in [1.82, 2.24) is 10.2 Å². The van der Waals surface area contributed by atoms with E-state index in [9.17, 15) is 22.8 Å². The zero-order chi connectivity index (χ0) is 20.9. The average molecular weight is 436 g/mol. The molecular weight excluding hydrogens is 407 g/mol. The molecule has 164 valence electrons. The first kappa shape index (κ1) is 25.2. The van der Waals surface area contributed by atoms with Crippen LogP contribution in [0.3, 0.4) is 0 Å². The summed E-state index contributed by atoms with van der Waals surface area (Å²) in [5.41, 5.74) is 5.09. The lowest BCUT2D eigenvalue weighted by Crippen LogP contribution is -2.49. The Hall–Kier alpha value is -1.80. The smallest absolute Gasteiger partial charge is 0.346 e. The molecule has 3 N–H and O–H groups in total. The van der Waals surface area contributed by atoms with Gasteiger partial charge in [-0.1, -0.05) is 44.9 Å². The fourth-order valence-electron chi connectivity index (χ4n) is 3.44. The molecule has 0 radical (unpaired) electrons. The summed E-state index contributed by atoms with van der Waals surface area (Å²) in [4.78, 5) is 26.3. The lowest BCUT2D eigenvalue weighted by molar-refractivity contribution is -0.140. The van der Waals surface area contributed by atoms with Gasteiger partial charge in [0, 0.05) is 12.6 Å². The maximum absolute atomic E-state index is 13.3. The molecule has 1 atom stereocenters. The third-order valence-corrected chi connectivity index (χ3v) is 5.18. The van der Waals surface area contributed by atoms with Gasteiger partial charge in [0.15, 0.2) is 0 Å². The highest BCUT2D eigenvalue weighted by Gasteiger charge is 2.35. The molecular formula is C20H29ClF3N3O2. The van der Waals surface area contributed by atoms with Gasteiger partial charge < -0.3 is 16.0 Å². The Morgan fingerprint density at radius 1 is 1.21 bits per heavy atom. The number of nitrogens with one attached hydrogen (secondary N) is 1. The Labute approximate surface area is 175 Å². The minimum atomic E-state index is -4.49. The van der Waals surface area contributed by atoms with E-state index < -0.39 is 29.6 Å². The third-order valence-electron chi connectivity index (χ3n) is 5.18. The van der Waals surface area contributed by atoms with Crippen LogP contribution in [0.25, 0.3) is 0 Å². The van der Waals surface area contributed by atoms with Crippen LogP contribution in [0.5, 0.6) is 0 Å². The normalized spacial score (nSPS) is 15.7. The second-order valence-corrected chi connectivity index (χ2v) is 7.60. The van der Waals surface area contributed by atoms with E-state index in [4.69, 9.17) is 5.73 Å². The minimum Gasteiger partial charge on any atom is -0.346 e. The molecule has 1 aliphatic carbocycles. The van der Waals surface area contributed by atoms with Crippen molar-refractivity contribution >= 4 is 24.2 Å².